The molecule has 0 aromatic heterocycles. The summed E-state index contributed by atoms with van der Waals surface area (Å²) in [6.45, 7) is 2.58. The Bertz CT molecular complexity index is 551. The molecule has 114 valence electrons. The maximum Gasteiger partial charge on any atom is 0.131 e. The zero-order valence-electron chi connectivity index (χ0n) is 13.2. The predicted octanol–water partition coefficient (Wildman–Crippen LogP) is 2.77. The van der Waals surface area contributed by atoms with Gasteiger partial charge in [-0.2, -0.15) is 0 Å². The van der Waals surface area contributed by atoms with E-state index in [1.807, 2.05) is 18.2 Å². The van der Waals surface area contributed by atoms with Crippen LogP contribution in [0.1, 0.15) is 25.3 Å². The van der Waals surface area contributed by atoms with Crippen LogP contribution in [0.5, 0.6) is 11.5 Å². The van der Waals surface area contributed by atoms with Gasteiger partial charge in [-0.15, -0.1) is 0 Å². The molecule has 0 amide bonds. The van der Waals surface area contributed by atoms with Gasteiger partial charge in [-0.3, -0.25) is 9.69 Å². The zero-order valence-corrected chi connectivity index (χ0v) is 13.2. The highest BCUT2D eigenvalue weighted by Gasteiger charge is 2.22. The molecule has 0 radical (unpaired) electrons. The van der Waals surface area contributed by atoms with Gasteiger partial charge < -0.3 is 9.47 Å². The number of methoxy groups -OCH3 is 2. The van der Waals surface area contributed by atoms with Gasteiger partial charge in [-0.1, -0.05) is 6.08 Å². The van der Waals surface area contributed by atoms with Crippen LogP contribution in [0.15, 0.2) is 24.3 Å². The summed E-state index contributed by atoms with van der Waals surface area (Å²) in [5, 5.41) is 0. The van der Waals surface area contributed by atoms with Gasteiger partial charge >= 0.3 is 0 Å². The van der Waals surface area contributed by atoms with Crippen LogP contribution in [0.4, 0.5) is 0 Å². The fraction of sp³-hybridized carbons (Fsp3) is 0.471. The number of Topliss-reactive ketones (excluding diaryl/α,β-unsaturated/α-hetero) is 1. The molecule has 4 heteroatoms. The third kappa shape index (κ3) is 3.64. The average molecular weight is 289 g/mol. The number of hydrogen-bond acceptors (Lipinski definition) is 4. The van der Waals surface area contributed by atoms with E-state index in [1.54, 1.807) is 21.1 Å². The highest BCUT2D eigenvalue weighted by molar-refractivity contribution is 5.78. The molecule has 1 aromatic rings. The molecule has 21 heavy (non-hydrogen) atoms. The molecule has 0 saturated carbocycles. The van der Waals surface area contributed by atoms with Gasteiger partial charge in [0, 0.05) is 24.6 Å². The molecular weight excluding hydrogens is 266 g/mol. The van der Waals surface area contributed by atoms with Crippen LogP contribution < -0.4 is 9.47 Å². The van der Waals surface area contributed by atoms with Gasteiger partial charge in [0.2, 0.25) is 0 Å². The summed E-state index contributed by atoms with van der Waals surface area (Å²) in [4.78, 5) is 13.6. The summed E-state index contributed by atoms with van der Waals surface area (Å²) >= 11 is 0. The molecule has 1 unspecified atom stereocenters. The van der Waals surface area contributed by atoms with E-state index < -0.39 is 0 Å². The Morgan fingerprint density at radius 2 is 2.10 bits per heavy atom. The Morgan fingerprint density at radius 3 is 2.71 bits per heavy atom. The maximum absolute atomic E-state index is 11.4. The van der Waals surface area contributed by atoms with Crippen molar-refractivity contribution < 1.29 is 14.3 Å². The molecule has 0 N–H and O–H groups in total. The maximum atomic E-state index is 11.4. The van der Waals surface area contributed by atoms with Gasteiger partial charge in [-0.25, -0.2) is 0 Å². The lowest BCUT2D eigenvalue weighted by Gasteiger charge is -2.31. The number of benzene rings is 1. The zero-order chi connectivity index (χ0) is 15.4. The van der Waals surface area contributed by atoms with E-state index in [1.165, 1.54) is 5.57 Å². The van der Waals surface area contributed by atoms with E-state index in [9.17, 15) is 4.79 Å². The van der Waals surface area contributed by atoms with Crippen LogP contribution in [0.3, 0.4) is 0 Å². The lowest BCUT2D eigenvalue weighted by molar-refractivity contribution is -0.117. The molecule has 0 spiro atoms. The molecule has 1 aliphatic heterocycles. The molecule has 2 rings (SSSR count). The van der Waals surface area contributed by atoms with E-state index in [0.29, 0.717) is 6.42 Å². The minimum absolute atomic E-state index is 0.155. The molecular formula is C17H23NO3. The van der Waals surface area contributed by atoms with Gasteiger partial charge in [-0.05, 0) is 44.2 Å². The first-order chi connectivity index (χ1) is 10.0. The highest BCUT2D eigenvalue weighted by Crippen LogP contribution is 2.34. The molecule has 0 saturated heterocycles. The molecule has 0 fully saturated rings. The number of carbonyl (C=O) groups excluding carboxylic acids is 1. The molecule has 1 heterocycles. The molecule has 1 aromatic carbocycles. The van der Waals surface area contributed by atoms with Crippen LogP contribution >= 0.6 is 0 Å². The Morgan fingerprint density at radius 1 is 1.33 bits per heavy atom. The number of hydrogen-bond donors (Lipinski definition) is 0. The standard InChI is InChI=1S/C17H23NO3/c1-12(19)9-14-10-13(7-8-18(14)2)16-11-15(20-3)5-6-17(16)21-4/h5-6,10-11,14H,7-9H2,1-4H3. The van der Waals surface area contributed by atoms with Crippen molar-refractivity contribution in [2.45, 2.75) is 25.8 Å². The van der Waals surface area contributed by atoms with Crippen LogP contribution in [0.25, 0.3) is 5.57 Å². The van der Waals surface area contributed by atoms with Crippen molar-refractivity contribution >= 4 is 11.4 Å². The quantitative estimate of drug-likeness (QED) is 0.835. The SMILES string of the molecule is COc1ccc(OC)c(C2=CC(CC(C)=O)N(C)CC2)c1. The Hall–Kier alpha value is -1.81. The number of nitrogens with zero attached hydrogens (tertiary/aromatic N) is 1. The molecule has 1 aliphatic rings. The molecule has 1 atom stereocenters. The first kappa shape index (κ1) is 15.6. The van der Waals surface area contributed by atoms with E-state index in [-0.39, 0.29) is 11.8 Å². The fourth-order valence-corrected chi connectivity index (χ4v) is 2.70. The van der Waals surface area contributed by atoms with Crippen molar-refractivity contribution in [2.75, 3.05) is 27.8 Å². The number of likely N-dealkylation sites (N-methyl/N-ethyl adjacent to an activating group) is 1. The minimum atomic E-state index is 0.155. The van der Waals surface area contributed by atoms with E-state index in [4.69, 9.17) is 9.47 Å². The first-order valence-electron chi connectivity index (χ1n) is 7.18. The van der Waals surface area contributed by atoms with Crippen molar-refractivity contribution in [1.29, 1.82) is 0 Å². The Balaban J connectivity index is 2.37. The Labute approximate surface area is 126 Å². The molecule has 0 aliphatic carbocycles. The second-order valence-corrected chi connectivity index (χ2v) is 5.46. The Kier molecular flexibility index (Phi) is 5.02. The van der Waals surface area contributed by atoms with Crippen molar-refractivity contribution in [3.63, 3.8) is 0 Å². The van der Waals surface area contributed by atoms with E-state index >= 15 is 0 Å². The number of carbonyl (C=O) groups is 1. The van der Waals surface area contributed by atoms with Crippen molar-refractivity contribution in [1.82, 2.24) is 4.90 Å². The van der Waals surface area contributed by atoms with Crippen LogP contribution in [0, 0.1) is 0 Å². The second-order valence-electron chi connectivity index (χ2n) is 5.46. The summed E-state index contributed by atoms with van der Waals surface area (Å²) < 4.78 is 10.8. The van der Waals surface area contributed by atoms with Gasteiger partial charge in [0.25, 0.3) is 0 Å². The van der Waals surface area contributed by atoms with Crippen LogP contribution in [0.2, 0.25) is 0 Å². The van der Waals surface area contributed by atoms with Crippen molar-refractivity contribution in [3.8, 4) is 11.5 Å². The number of ketones is 1. The smallest absolute Gasteiger partial charge is 0.131 e. The van der Waals surface area contributed by atoms with Gasteiger partial charge in [0.05, 0.1) is 14.2 Å². The van der Waals surface area contributed by atoms with Crippen LogP contribution in [-0.4, -0.2) is 44.5 Å². The van der Waals surface area contributed by atoms with E-state index in [2.05, 4.69) is 18.0 Å². The van der Waals surface area contributed by atoms with Crippen molar-refractivity contribution in [2.24, 2.45) is 0 Å². The first-order valence-corrected chi connectivity index (χ1v) is 7.18. The fourth-order valence-electron chi connectivity index (χ4n) is 2.70. The lowest BCUT2D eigenvalue weighted by Crippen LogP contribution is -2.35. The number of rotatable bonds is 5. The number of ether oxygens (including phenoxy) is 2. The molecule has 0 bridgehead atoms. The summed E-state index contributed by atoms with van der Waals surface area (Å²) in [6, 6.07) is 5.97. The van der Waals surface area contributed by atoms with Gasteiger partial charge in [0.15, 0.2) is 0 Å². The third-order valence-electron chi connectivity index (χ3n) is 3.94. The largest absolute Gasteiger partial charge is 0.497 e. The second kappa shape index (κ2) is 6.76. The predicted molar refractivity (Wildman–Crippen MR) is 83.9 cm³/mol. The van der Waals surface area contributed by atoms with Crippen molar-refractivity contribution in [3.05, 3.63) is 29.8 Å². The van der Waals surface area contributed by atoms with E-state index in [0.717, 1.165) is 30.0 Å². The average Bonchev–Trinajstić information content (AvgIpc) is 2.48. The summed E-state index contributed by atoms with van der Waals surface area (Å²) in [5.74, 6) is 1.86. The lowest BCUT2D eigenvalue weighted by atomic mass is 9.93. The highest BCUT2D eigenvalue weighted by atomic mass is 16.5. The topological polar surface area (TPSA) is 38.8 Å². The monoisotopic (exact) mass is 289 g/mol. The minimum Gasteiger partial charge on any atom is -0.497 e. The van der Waals surface area contributed by atoms with Crippen LogP contribution in [-0.2, 0) is 4.79 Å². The summed E-state index contributed by atoms with van der Waals surface area (Å²) in [6.07, 6.45) is 3.67. The summed E-state index contributed by atoms with van der Waals surface area (Å²) in [7, 11) is 5.39. The molecule has 4 nitrogen and oxygen atoms in total. The summed E-state index contributed by atoms with van der Waals surface area (Å²) in [5.41, 5.74) is 2.27. The third-order valence-corrected chi connectivity index (χ3v) is 3.94. The van der Waals surface area contributed by atoms with Gasteiger partial charge in [0.1, 0.15) is 17.3 Å². The normalized spacial score (nSPS) is 19.0.